The number of thiocarbonyl (C=S) groups is 1. The molecule has 0 aromatic heterocycles. The summed E-state index contributed by atoms with van der Waals surface area (Å²) in [4.78, 5) is 31.4. The summed E-state index contributed by atoms with van der Waals surface area (Å²) in [6.07, 6.45) is -0.330. The van der Waals surface area contributed by atoms with Crippen LogP contribution in [-0.2, 0) is 16.1 Å². The van der Waals surface area contributed by atoms with Gasteiger partial charge in [0.2, 0.25) is 11.7 Å². The fourth-order valence-corrected chi connectivity index (χ4v) is 5.26. The van der Waals surface area contributed by atoms with Gasteiger partial charge in [-0.3, -0.25) is 4.79 Å². The molecule has 218 valence electrons. The first-order valence-electron chi connectivity index (χ1n) is 12.7. The number of methoxy groups -OCH3 is 3. The lowest BCUT2D eigenvalue weighted by Crippen LogP contribution is -2.51. The van der Waals surface area contributed by atoms with Gasteiger partial charge in [-0.1, -0.05) is 47.7 Å². The zero-order chi connectivity index (χ0) is 29.4. The number of carbonyl (C=O) groups is 2. The molecule has 9 nitrogen and oxygen atoms in total. The highest BCUT2D eigenvalue weighted by Gasteiger charge is 2.28. The standard InChI is InChI=1S/C28H36ClN3O6S2/c1-28(2,3)38-26(34)30-11-13-31(14-12-30)27(39)40-18-24(33)32(17-19-7-9-20(29)10-8-19)21-15-22(35-4)25(37-6)23(16-21)36-5/h7-10,15-16H,11-14,17-18H2,1-6H3. The van der Waals surface area contributed by atoms with Crippen molar-refractivity contribution in [2.75, 3.05) is 58.2 Å². The zero-order valence-corrected chi connectivity index (χ0v) is 26.1. The van der Waals surface area contributed by atoms with Crippen molar-refractivity contribution in [2.24, 2.45) is 0 Å². The van der Waals surface area contributed by atoms with Crippen LogP contribution in [0.4, 0.5) is 10.5 Å². The Morgan fingerprint density at radius 1 is 0.950 bits per heavy atom. The molecule has 1 aliphatic rings. The molecule has 0 atom stereocenters. The van der Waals surface area contributed by atoms with Gasteiger partial charge in [0.05, 0.1) is 39.3 Å². The maximum atomic E-state index is 13.6. The summed E-state index contributed by atoms with van der Waals surface area (Å²) in [5, 5.41) is 0.613. The lowest BCUT2D eigenvalue weighted by Gasteiger charge is -2.36. The van der Waals surface area contributed by atoms with E-state index in [-0.39, 0.29) is 17.8 Å². The molecule has 0 unspecified atom stereocenters. The summed E-state index contributed by atoms with van der Waals surface area (Å²) in [5.74, 6) is 1.29. The predicted molar refractivity (Wildman–Crippen MR) is 163 cm³/mol. The first-order valence-corrected chi connectivity index (χ1v) is 14.5. The molecule has 0 saturated carbocycles. The monoisotopic (exact) mass is 609 g/mol. The molecule has 0 bridgehead atoms. The van der Waals surface area contributed by atoms with Gasteiger partial charge in [0.1, 0.15) is 9.92 Å². The summed E-state index contributed by atoms with van der Waals surface area (Å²) in [5.41, 5.74) is 0.944. The third kappa shape index (κ3) is 8.55. The first kappa shape index (κ1) is 31.6. The van der Waals surface area contributed by atoms with Gasteiger partial charge in [0.25, 0.3) is 0 Å². The molecule has 2 aromatic rings. The Kier molecular flexibility index (Phi) is 11.2. The highest BCUT2D eigenvalue weighted by atomic mass is 35.5. The number of ether oxygens (including phenoxy) is 4. The van der Waals surface area contributed by atoms with E-state index < -0.39 is 5.60 Å². The maximum Gasteiger partial charge on any atom is 0.410 e. The van der Waals surface area contributed by atoms with E-state index >= 15 is 0 Å². The quantitative estimate of drug-likeness (QED) is 0.362. The molecule has 12 heteroatoms. The van der Waals surface area contributed by atoms with Gasteiger partial charge in [-0.15, -0.1) is 0 Å². The van der Waals surface area contributed by atoms with E-state index in [1.54, 1.807) is 34.1 Å². The third-order valence-electron chi connectivity index (χ3n) is 6.02. The minimum absolute atomic E-state index is 0.120. The molecular formula is C28H36ClN3O6S2. The van der Waals surface area contributed by atoms with Crippen molar-refractivity contribution in [2.45, 2.75) is 32.9 Å². The highest BCUT2D eigenvalue weighted by molar-refractivity contribution is 8.23. The number of hydrogen-bond acceptors (Lipinski definition) is 8. The molecule has 1 fully saturated rings. The molecule has 0 N–H and O–H groups in total. The average Bonchev–Trinajstić information content (AvgIpc) is 2.93. The molecule has 1 aliphatic heterocycles. The van der Waals surface area contributed by atoms with Crippen molar-refractivity contribution in [1.82, 2.24) is 9.80 Å². The summed E-state index contributed by atoms with van der Waals surface area (Å²) in [6.45, 7) is 7.97. The Labute approximate surface area is 250 Å². The van der Waals surface area contributed by atoms with Crippen LogP contribution in [0.2, 0.25) is 5.02 Å². The summed E-state index contributed by atoms with van der Waals surface area (Å²) in [6, 6.07) is 10.8. The van der Waals surface area contributed by atoms with E-state index in [0.29, 0.717) is 65.0 Å². The van der Waals surface area contributed by atoms with Gasteiger partial charge in [-0.05, 0) is 38.5 Å². The smallest absolute Gasteiger partial charge is 0.410 e. The lowest BCUT2D eigenvalue weighted by atomic mass is 10.1. The number of carbonyl (C=O) groups excluding carboxylic acids is 2. The molecule has 2 amide bonds. The van der Waals surface area contributed by atoms with Crippen LogP contribution in [0.15, 0.2) is 36.4 Å². The van der Waals surface area contributed by atoms with Gasteiger partial charge >= 0.3 is 6.09 Å². The van der Waals surface area contributed by atoms with Crippen molar-refractivity contribution < 1.29 is 28.5 Å². The van der Waals surface area contributed by atoms with E-state index in [1.165, 1.54) is 33.1 Å². The van der Waals surface area contributed by atoms with Crippen LogP contribution in [0.5, 0.6) is 17.2 Å². The molecule has 3 rings (SSSR count). The number of thioether (sulfide) groups is 1. The zero-order valence-electron chi connectivity index (χ0n) is 23.7. The number of benzene rings is 2. The Bertz CT molecular complexity index is 1170. The van der Waals surface area contributed by atoms with Gasteiger partial charge in [0, 0.05) is 43.3 Å². The summed E-state index contributed by atoms with van der Waals surface area (Å²) in [7, 11) is 4.59. The predicted octanol–water partition coefficient (Wildman–Crippen LogP) is 5.47. The van der Waals surface area contributed by atoms with Crippen LogP contribution in [0.1, 0.15) is 26.3 Å². The number of piperazine rings is 1. The van der Waals surface area contributed by atoms with Crippen LogP contribution in [0, 0.1) is 0 Å². The van der Waals surface area contributed by atoms with Crippen molar-refractivity contribution in [1.29, 1.82) is 0 Å². The normalized spacial score (nSPS) is 13.5. The van der Waals surface area contributed by atoms with E-state index in [0.717, 1.165) is 5.56 Å². The first-order chi connectivity index (χ1) is 18.9. The van der Waals surface area contributed by atoms with Gasteiger partial charge in [-0.2, -0.15) is 0 Å². The van der Waals surface area contributed by atoms with Crippen LogP contribution in [0.25, 0.3) is 0 Å². The summed E-state index contributed by atoms with van der Waals surface area (Å²) >= 11 is 13.0. The maximum absolute atomic E-state index is 13.6. The fraction of sp³-hybridized carbons (Fsp3) is 0.464. The SMILES string of the molecule is COc1cc(N(Cc2ccc(Cl)cc2)C(=O)CSC(=S)N2CCN(C(=O)OC(C)(C)C)CC2)cc(OC)c1OC. The van der Waals surface area contributed by atoms with Crippen molar-refractivity contribution in [3.8, 4) is 17.2 Å². The number of amides is 2. The van der Waals surface area contributed by atoms with Crippen LogP contribution in [0.3, 0.4) is 0 Å². The fourth-order valence-electron chi connectivity index (χ4n) is 4.01. The van der Waals surface area contributed by atoms with E-state index in [1.807, 2.05) is 37.8 Å². The molecule has 0 aliphatic carbocycles. The lowest BCUT2D eigenvalue weighted by molar-refractivity contribution is -0.116. The molecule has 2 aromatic carbocycles. The number of anilines is 1. The van der Waals surface area contributed by atoms with Gasteiger partial charge in [-0.25, -0.2) is 4.79 Å². The minimum Gasteiger partial charge on any atom is -0.493 e. The Hall–Kier alpha value is -2.89. The molecular weight excluding hydrogens is 574 g/mol. The number of hydrogen-bond donors (Lipinski definition) is 0. The molecule has 1 heterocycles. The van der Waals surface area contributed by atoms with Crippen molar-refractivity contribution in [3.05, 3.63) is 47.0 Å². The van der Waals surface area contributed by atoms with Crippen LogP contribution >= 0.6 is 35.6 Å². The van der Waals surface area contributed by atoms with E-state index in [4.69, 9.17) is 42.8 Å². The van der Waals surface area contributed by atoms with Crippen molar-refractivity contribution in [3.63, 3.8) is 0 Å². The largest absolute Gasteiger partial charge is 0.493 e. The molecule has 0 spiro atoms. The van der Waals surface area contributed by atoms with Crippen LogP contribution in [-0.4, -0.2) is 85.0 Å². The van der Waals surface area contributed by atoms with E-state index in [2.05, 4.69) is 0 Å². The Morgan fingerprint density at radius 3 is 2.00 bits per heavy atom. The molecule has 1 saturated heterocycles. The summed E-state index contributed by atoms with van der Waals surface area (Å²) < 4.78 is 22.6. The highest BCUT2D eigenvalue weighted by Crippen LogP contribution is 2.41. The van der Waals surface area contributed by atoms with Crippen LogP contribution < -0.4 is 19.1 Å². The number of halogens is 1. The molecule has 0 radical (unpaired) electrons. The molecule has 40 heavy (non-hydrogen) atoms. The topological polar surface area (TPSA) is 80.8 Å². The Morgan fingerprint density at radius 2 is 1.50 bits per heavy atom. The Balaban J connectivity index is 1.72. The second-order valence-electron chi connectivity index (χ2n) is 10.00. The second kappa shape index (κ2) is 14.1. The van der Waals surface area contributed by atoms with E-state index in [9.17, 15) is 9.59 Å². The number of rotatable bonds is 8. The average molecular weight is 610 g/mol. The number of nitrogens with zero attached hydrogens (tertiary/aromatic N) is 3. The van der Waals surface area contributed by atoms with Crippen molar-refractivity contribution >= 4 is 57.6 Å². The minimum atomic E-state index is -0.546. The second-order valence-corrected chi connectivity index (χ2v) is 12.0. The van der Waals surface area contributed by atoms with Gasteiger partial charge < -0.3 is 33.6 Å². The van der Waals surface area contributed by atoms with Gasteiger partial charge in [0.15, 0.2) is 11.5 Å². The third-order valence-corrected chi connectivity index (χ3v) is 7.79.